The highest BCUT2D eigenvalue weighted by Gasteiger charge is 2.09. The molecule has 2 aromatic rings. The van der Waals surface area contributed by atoms with Gasteiger partial charge >= 0.3 is 5.97 Å². The summed E-state index contributed by atoms with van der Waals surface area (Å²) in [6.45, 7) is 2.37. The molecule has 0 aromatic heterocycles. The fraction of sp³-hybridized carbons (Fsp3) is 0.235. The van der Waals surface area contributed by atoms with E-state index < -0.39 is 5.97 Å². The number of hydrogen-bond acceptors (Lipinski definition) is 4. The molecule has 5 heteroatoms. The first-order chi connectivity index (χ1) is 10.7. The first kappa shape index (κ1) is 16.4. The third-order valence-corrected chi connectivity index (χ3v) is 3.29. The summed E-state index contributed by atoms with van der Waals surface area (Å²) in [6, 6.07) is 15.2. The van der Waals surface area contributed by atoms with Gasteiger partial charge in [0.15, 0.2) is 18.1 Å². The summed E-state index contributed by atoms with van der Waals surface area (Å²) in [7, 11) is 0. The zero-order valence-electron chi connectivity index (χ0n) is 12.3. The van der Waals surface area contributed by atoms with Gasteiger partial charge in [-0.2, -0.15) is 0 Å². The molecule has 0 spiro atoms. The van der Waals surface area contributed by atoms with Crippen LogP contribution in [0.3, 0.4) is 0 Å². The SMILES string of the molecule is CCOC(=O)COc1ccc(Br)cc1OCc1ccccc1. The molecule has 0 amide bonds. The first-order valence-corrected chi connectivity index (χ1v) is 7.73. The number of esters is 1. The van der Waals surface area contributed by atoms with E-state index in [9.17, 15) is 4.79 Å². The highest BCUT2D eigenvalue weighted by molar-refractivity contribution is 9.10. The van der Waals surface area contributed by atoms with Crippen molar-refractivity contribution in [2.24, 2.45) is 0 Å². The Bertz CT molecular complexity index is 613. The highest BCUT2D eigenvalue weighted by Crippen LogP contribution is 2.31. The molecule has 0 saturated carbocycles. The van der Waals surface area contributed by atoms with E-state index in [0.717, 1.165) is 10.0 Å². The third-order valence-electron chi connectivity index (χ3n) is 2.79. The van der Waals surface area contributed by atoms with E-state index in [1.54, 1.807) is 13.0 Å². The van der Waals surface area contributed by atoms with E-state index in [-0.39, 0.29) is 6.61 Å². The van der Waals surface area contributed by atoms with Crippen molar-refractivity contribution >= 4 is 21.9 Å². The molecule has 0 radical (unpaired) electrons. The van der Waals surface area contributed by atoms with Crippen LogP contribution in [0.15, 0.2) is 53.0 Å². The van der Waals surface area contributed by atoms with Gasteiger partial charge in [-0.05, 0) is 30.7 Å². The van der Waals surface area contributed by atoms with Crippen molar-refractivity contribution in [1.82, 2.24) is 0 Å². The van der Waals surface area contributed by atoms with Crippen LogP contribution < -0.4 is 9.47 Å². The maximum atomic E-state index is 11.4. The van der Waals surface area contributed by atoms with Gasteiger partial charge in [-0.3, -0.25) is 0 Å². The lowest BCUT2D eigenvalue weighted by Gasteiger charge is -2.13. The number of rotatable bonds is 7. The second kappa shape index (κ2) is 8.44. The van der Waals surface area contributed by atoms with Crippen molar-refractivity contribution in [1.29, 1.82) is 0 Å². The van der Waals surface area contributed by atoms with E-state index in [0.29, 0.717) is 24.7 Å². The van der Waals surface area contributed by atoms with Crippen LogP contribution in [0.1, 0.15) is 12.5 Å². The van der Waals surface area contributed by atoms with Crippen molar-refractivity contribution in [2.45, 2.75) is 13.5 Å². The topological polar surface area (TPSA) is 44.8 Å². The van der Waals surface area contributed by atoms with Gasteiger partial charge in [-0.25, -0.2) is 4.79 Å². The Hall–Kier alpha value is -2.01. The second-order valence-electron chi connectivity index (χ2n) is 4.46. The molecule has 2 rings (SSSR count). The summed E-state index contributed by atoms with van der Waals surface area (Å²) in [5.41, 5.74) is 1.05. The molecule has 0 aliphatic rings. The Morgan fingerprint density at radius 3 is 2.55 bits per heavy atom. The summed E-state index contributed by atoms with van der Waals surface area (Å²) in [6.07, 6.45) is 0. The summed E-state index contributed by atoms with van der Waals surface area (Å²) in [5.74, 6) is 0.675. The zero-order chi connectivity index (χ0) is 15.8. The van der Waals surface area contributed by atoms with Crippen LogP contribution in [-0.2, 0) is 16.1 Å². The van der Waals surface area contributed by atoms with Gasteiger partial charge in [0.05, 0.1) is 6.61 Å². The predicted molar refractivity (Wildman–Crippen MR) is 87.0 cm³/mol. The molecule has 116 valence electrons. The quantitative estimate of drug-likeness (QED) is 0.697. The first-order valence-electron chi connectivity index (χ1n) is 6.93. The maximum Gasteiger partial charge on any atom is 0.344 e. The molecule has 4 nitrogen and oxygen atoms in total. The molecule has 0 atom stereocenters. The van der Waals surface area contributed by atoms with Crippen LogP contribution in [-0.4, -0.2) is 19.2 Å². The minimum Gasteiger partial charge on any atom is -0.485 e. The van der Waals surface area contributed by atoms with Crippen LogP contribution >= 0.6 is 15.9 Å². The summed E-state index contributed by atoms with van der Waals surface area (Å²) >= 11 is 3.40. The van der Waals surface area contributed by atoms with E-state index >= 15 is 0 Å². The number of carbonyl (C=O) groups excluding carboxylic acids is 1. The van der Waals surface area contributed by atoms with Crippen molar-refractivity contribution in [3.8, 4) is 11.5 Å². The van der Waals surface area contributed by atoms with Crippen molar-refractivity contribution in [3.63, 3.8) is 0 Å². The van der Waals surface area contributed by atoms with Crippen molar-refractivity contribution in [2.75, 3.05) is 13.2 Å². The molecule has 0 unspecified atom stereocenters. The molecule has 0 aliphatic carbocycles. The molecule has 0 aliphatic heterocycles. The molecule has 0 saturated heterocycles. The largest absolute Gasteiger partial charge is 0.485 e. The molecule has 2 aromatic carbocycles. The Labute approximate surface area is 138 Å². The molecule has 0 N–H and O–H groups in total. The lowest BCUT2D eigenvalue weighted by atomic mass is 10.2. The van der Waals surface area contributed by atoms with Gasteiger partial charge in [-0.1, -0.05) is 46.3 Å². The van der Waals surface area contributed by atoms with Gasteiger partial charge < -0.3 is 14.2 Å². The van der Waals surface area contributed by atoms with Gasteiger partial charge in [0.1, 0.15) is 6.61 Å². The molecular formula is C17H17BrO4. The van der Waals surface area contributed by atoms with E-state index in [2.05, 4.69) is 15.9 Å². The second-order valence-corrected chi connectivity index (χ2v) is 5.37. The van der Waals surface area contributed by atoms with Gasteiger partial charge in [-0.15, -0.1) is 0 Å². The van der Waals surface area contributed by atoms with Gasteiger partial charge in [0.25, 0.3) is 0 Å². The fourth-order valence-corrected chi connectivity index (χ4v) is 2.13. The lowest BCUT2D eigenvalue weighted by Crippen LogP contribution is -2.15. The summed E-state index contributed by atoms with van der Waals surface area (Å²) in [5, 5.41) is 0. The van der Waals surface area contributed by atoms with Crippen molar-refractivity contribution < 1.29 is 19.0 Å². The molecule has 0 bridgehead atoms. The standard InChI is InChI=1S/C17H17BrO4/c1-2-20-17(19)12-22-15-9-8-14(18)10-16(15)21-11-13-6-4-3-5-7-13/h3-10H,2,11-12H2,1H3. The minimum absolute atomic E-state index is 0.142. The average molecular weight is 365 g/mol. The zero-order valence-corrected chi connectivity index (χ0v) is 13.8. The maximum absolute atomic E-state index is 11.4. The molecule has 0 heterocycles. The smallest absolute Gasteiger partial charge is 0.344 e. The van der Waals surface area contributed by atoms with E-state index in [4.69, 9.17) is 14.2 Å². The van der Waals surface area contributed by atoms with Crippen LogP contribution in [0.4, 0.5) is 0 Å². The average Bonchev–Trinajstić information content (AvgIpc) is 2.53. The summed E-state index contributed by atoms with van der Waals surface area (Å²) < 4.78 is 17.0. The highest BCUT2D eigenvalue weighted by atomic mass is 79.9. The number of carbonyl (C=O) groups is 1. The summed E-state index contributed by atoms with van der Waals surface area (Å²) in [4.78, 5) is 11.4. The number of halogens is 1. The van der Waals surface area contributed by atoms with Crippen LogP contribution in [0.5, 0.6) is 11.5 Å². The molecule has 0 fully saturated rings. The lowest BCUT2D eigenvalue weighted by molar-refractivity contribution is -0.145. The van der Waals surface area contributed by atoms with Crippen molar-refractivity contribution in [3.05, 3.63) is 58.6 Å². The Morgan fingerprint density at radius 1 is 1.05 bits per heavy atom. The number of benzene rings is 2. The van der Waals surface area contributed by atoms with E-state index in [1.165, 1.54) is 0 Å². The monoisotopic (exact) mass is 364 g/mol. The minimum atomic E-state index is -0.403. The van der Waals surface area contributed by atoms with Gasteiger partial charge in [0.2, 0.25) is 0 Å². The molecule has 22 heavy (non-hydrogen) atoms. The van der Waals surface area contributed by atoms with Crippen LogP contribution in [0.2, 0.25) is 0 Å². The Morgan fingerprint density at radius 2 is 1.82 bits per heavy atom. The third kappa shape index (κ3) is 5.07. The predicted octanol–water partition coefficient (Wildman–Crippen LogP) is 3.97. The fourth-order valence-electron chi connectivity index (χ4n) is 1.79. The van der Waals surface area contributed by atoms with Gasteiger partial charge in [0, 0.05) is 4.47 Å². The Balaban J connectivity index is 2.02. The van der Waals surface area contributed by atoms with E-state index in [1.807, 2.05) is 42.5 Å². The number of ether oxygens (including phenoxy) is 3. The Kier molecular flexibility index (Phi) is 6.27. The normalized spacial score (nSPS) is 10.1. The van der Waals surface area contributed by atoms with Crippen LogP contribution in [0.25, 0.3) is 0 Å². The molecular weight excluding hydrogens is 348 g/mol. The van der Waals surface area contributed by atoms with Crippen LogP contribution in [0, 0.1) is 0 Å². The number of hydrogen-bond donors (Lipinski definition) is 0.